The summed E-state index contributed by atoms with van der Waals surface area (Å²) in [4.78, 5) is 25.8. The lowest BCUT2D eigenvalue weighted by Crippen LogP contribution is -2.41. The Morgan fingerprint density at radius 3 is 2.57 bits per heavy atom. The maximum absolute atomic E-state index is 12.6. The summed E-state index contributed by atoms with van der Waals surface area (Å²) in [6, 6.07) is 8.39. The molecule has 1 aromatic carbocycles. The number of urea groups is 1. The van der Waals surface area contributed by atoms with Crippen molar-refractivity contribution in [3.63, 3.8) is 0 Å². The molecule has 0 aliphatic carbocycles. The normalized spacial score (nSPS) is 21.3. The van der Waals surface area contributed by atoms with Crippen LogP contribution < -0.4 is 5.32 Å². The van der Waals surface area contributed by atoms with Crippen molar-refractivity contribution < 1.29 is 9.59 Å². The number of nitrogens with zero attached hydrogens (tertiary/aromatic N) is 2. The molecule has 1 heterocycles. The van der Waals surface area contributed by atoms with Crippen molar-refractivity contribution in [2.75, 3.05) is 18.1 Å². The molecule has 21 heavy (non-hydrogen) atoms. The summed E-state index contributed by atoms with van der Waals surface area (Å²) in [6.45, 7) is 4.15. The second-order valence-electron chi connectivity index (χ2n) is 4.90. The largest absolute Gasteiger partial charge is 0.325 e. The first kappa shape index (κ1) is 15.4. The zero-order chi connectivity index (χ0) is 15.5. The summed E-state index contributed by atoms with van der Waals surface area (Å²) in [5.41, 5.74) is 0.155. The third kappa shape index (κ3) is 2.88. The Balaban J connectivity index is 2.20. The van der Waals surface area contributed by atoms with Gasteiger partial charge in [-0.3, -0.25) is 9.69 Å². The van der Waals surface area contributed by atoms with Gasteiger partial charge in [0, 0.05) is 12.3 Å². The van der Waals surface area contributed by atoms with Crippen LogP contribution in [0.3, 0.4) is 0 Å². The van der Waals surface area contributed by atoms with E-state index in [1.807, 2.05) is 13.0 Å². The van der Waals surface area contributed by atoms with Gasteiger partial charge in [0.1, 0.15) is 5.54 Å². The molecule has 1 aliphatic heterocycles. The highest BCUT2D eigenvalue weighted by molar-refractivity contribution is 7.99. The summed E-state index contributed by atoms with van der Waals surface area (Å²) in [7, 11) is 0. The molecular weight excluding hydrogens is 286 g/mol. The van der Waals surface area contributed by atoms with Crippen LogP contribution in [-0.2, 0) is 10.3 Å². The van der Waals surface area contributed by atoms with Gasteiger partial charge in [-0.2, -0.15) is 17.0 Å². The van der Waals surface area contributed by atoms with E-state index < -0.39 is 5.54 Å². The summed E-state index contributed by atoms with van der Waals surface area (Å²) in [6.07, 6.45) is 0. The standard InChI is InChI=1S/C15H17N3O2S/c1-3-21-9-8-18-13(19)15(2,17-14(18)20)12-6-4-11(10-16)5-7-12/h4-7H,3,8-9H2,1-2H3,(H,17,20). The van der Waals surface area contributed by atoms with Crippen LogP contribution in [0, 0.1) is 11.3 Å². The molecule has 0 aromatic heterocycles. The monoisotopic (exact) mass is 303 g/mol. The average molecular weight is 303 g/mol. The molecule has 0 radical (unpaired) electrons. The van der Waals surface area contributed by atoms with Crippen molar-refractivity contribution >= 4 is 23.7 Å². The smallest absolute Gasteiger partial charge is 0.319 e. The van der Waals surface area contributed by atoms with E-state index >= 15 is 0 Å². The maximum atomic E-state index is 12.6. The highest BCUT2D eigenvalue weighted by Crippen LogP contribution is 2.29. The number of rotatable bonds is 5. The minimum Gasteiger partial charge on any atom is -0.319 e. The molecule has 0 saturated carbocycles. The number of benzene rings is 1. The van der Waals surface area contributed by atoms with Crippen LogP contribution in [0.1, 0.15) is 25.0 Å². The van der Waals surface area contributed by atoms with Crippen molar-refractivity contribution in [3.05, 3.63) is 35.4 Å². The van der Waals surface area contributed by atoms with E-state index in [0.29, 0.717) is 17.7 Å². The van der Waals surface area contributed by atoms with Gasteiger partial charge in [-0.1, -0.05) is 19.1 Å². The van der Waals surface area contributed by atoms with Gasteiger partial charge in [0.05, 0.1) is 11.6 Å². The van der Waals surface area contributed by atoms with E-state index in [2.05, 4.69) is 5.32 Å². The zero-order valence-electron chi connectivity index (χ0n) is 12.0. The quantitative estimate of drug-likeness (QED) is 0.667. The first-order valence-electron chi connectivity index (χ1n) is 6.75. The van der Waals surface area contributed by atoms with E-state index in [0.717, 1.165) is 11.5 Å². The number of hydrogen-bond acceptors (Lipinski definition) is 4. The van der Waals surface area contributed by atoms with Crippen LogP contribution in [-0.4, -0.2) is 34.9 Å². The lowest BCUT2D eigenvalue weighted by Gasteiger charge is -2.22. The Hall–Kier alpha value is -2.00. The highest BCUT2D eigenvalue weighted by Gasteiger charge is 2.48. The van der Waals surface area contributed by atoms with Crippen LogP contribution in [0.5, 0.6) is 0 Å². The minimum atomic E-state index is -1.05. The van der Waals surface area contributed by atoms with Gasteiger partial charge in [-0.25, -0.2) is 4.79 Å². The highest BCUT2D eigenvalue weighted by atomic mass is 32.2. The van der Waals surface area contributed by atoms with Gasteiger partial charge >= 0.3 is 6.03 Å². The predicted molar refractivity (Wildman–Crippen MR) is 81.8 cm³/mol. The number of imide groups is 1. The molecule has 6 heteroatoms. The zero-order valence-corrected chi connectivity index (χ0v) is 12.9. The number of thioether (sulfide) groups is 1. The average Bonchev–Trinajstić information content (AvgIpc) is 2.71. The molecule has 1 N–H and O–H groups in total. The molecule has 0 spiro atoms. The molecule has 0 bridgehead atoms. The van der Waals surface area contributed by atoms with Gasteiger partial charge in [0.2, 0.25) is 0 Å². The van der Waals surface area contributed by atoms with E-state index in [-0.39, 0.29) is 11.9 Å². The van der Waals surface area contributed by atoms with Crippen molar-refractivity contribution in [1.82, 2.24) is 10.2 Å². The Bertz CT molecular complexity index is 594. The summed E-state index contributed by atoms with van der Waals surface area (Å²) in [5.74, 6) is 1.45. The van der Waals surface area contributed by atoms with Gasteiger partial charge < -0.3 is 5.32 Å². The van der Waals surface area contributed by atoms with Crippen LogP contribution in [0.4, 0.5) is 4.79 Å². The molecule has 1 aliphatic rings. The van der Waals surface area contributed by atoms with Crippen molar-refractivity contribution in [3.8, 4) is 6.07 Å². The number of carbonyl (C=O) groups is 2. The van der Waals surface area contributed by atoms with Crippen molar-refractivity contribution in [2.45, 2.75) is 19.4 Å². The molecule has 1 aromatic rings. The molecule has 2 rings (SSSR count). The van der Waals surface area contributed by atoms with E-state index in [9.17, 15) is 9.59 Å². The molecular formula is C15H17N3O2S. The second-order valence-corrected chi connectivity index (χ2v) is 6.29. The number of nitrogens with one attached hydrogen (secondary N) is 1. The third-order valence-corrected chi connectivity index (χ3v) is 4.41. The van der Waals surface area contributed by atoms with E-state index in [1.165, 1.54) is 4.90 Å². The molecule has 1 fully saturated rings. The summed E-state index contributed by atoms with van der Waals surface area (Å²) in [5, 5.41) is 11.6. The van der Waals surface area contributed by atoms with Gasteiger partial charge in [-0.05, 0) is 30.4 Å². The van der Waals surface area contributed by atoms with E-state index in [4.69, 9.17) is 5.26 Å². The van der Waals surface area contributed by atoms with E-state index in [1.54, 1.807) is 43.0 Å². The predicted octanol–water partition coefficient (Wildman–Crippen LogP) is 2.08. The SMILES string of the molecule is CCSCCN1C(=O)NC(C)(c2ccc(C#N)cc2)C1=O. The summed E-state index contributed by atoms with van der Waals surface area (Å²) < 4.78 is 0. The number of amides is 3. The van der Waals surface area contributed by atoms with Gasteiger partial charge in [0.15, 0.2) is 0 Å². The minimum absolute atomic E-state index is 0.242. The fraction of sp³-hybridized carbons (Fsp3) is 0.400. The fourth-order valence-electron chi connectivity index (χ4n) is 2.27. The summed E-state index contributed by atoms with van der Waals surface area (Å²) >= 11 is 1.69. The Morgan fingerprint density at radius 2 is 2.00 bits per heavy atom. The topological polar surface area (TPSA) is 73.2 Å². The maximum Gasteiger partial charge on any atom is 0.325 e. The number of hydrogen-bond donors (Lipinski definition) is 1. The van der Waals surface area contributed by atoms with Crippen LogP contribution in [0.25, 0.3) is 0 Å². The Labute approximate surface area is 128 Å². The molecule has 1 saturated heterocycles. The number of nitriles is 1. The third-order valence-electron chi connectivity index (χ3n) is 3.53. The Morgan fingerprint density at radius 1 is 1.33 bits per heavy atom. The van der Waals surface area contributed by atoms with Gasteiger partial charge in [-0.15, -0.1) is 0 Å². The van der Waals surface area contributed by atoms with Gasteiger partial charge in [0.25, 0.3) is 5.91 Å². The first-order valence-corrected chi connectivity index (χ1v) is 7.91. The van der Waals surface area contributed by atoms with Crippen molar-refractivity contribution in [1.29, 1.82) is 5.26 Å². The molecule has 1 unspecified atom stereocenters. The van der Waals surface area contributed by atoms with Crippen LogP contribution in [0.15, 0.2) is 24.3 Å². The van der Waals surface area contributed by atoms with Crippen LogP contribution in [0.2, 0.25) is 0 Å². The second kappa shape index (κ2) is 6.19. The molecule has 3 amide bonds. The fourth-order valence-corrected chi connectivity index (χ4v) is 2.87. The molecule has 110 valence electrons. The van der Waals surface area contributed by atoms with Crippen LogP contribution >= 0.6 is 11.8 Å². The lowest BCUT2D eigenvalue weighted by atomic mass is 9.91. The number of carbonyl (C=O) groups excluding carboxylic acids is 2. The first-order chi connectivity index (χ1) is 10.0. The molecule has 1 atom stereocenters. The van der Waals surface area contributed by atoms with Crippen molar-refractivity contribution in [2.24, 2.45) is 0 Å². The lowest BCUT2D eigenvalue weighted by molar-refractivity contribution is -0.130. The molecule has 5 nitrogen and oxygen atoms in total. The Kier molecular flexibility index (Phi) is 4.53.